The summed E-state index contributed by atoms with van der Waals surface area (Å²) in [5, 5.41) is 13.6. The first kappa shape index (κ1) is 25.4. The number of benzene rings is 1. The van der Waals surface area contributed by atoms with Crippen LogP contribution in [0.2, 0.25) is 0 Å². The van der Waals surface area contributed by atoms with Crippen molar-refractivity contribution in [1.82, 2.24) is 24.7 Å². The Morgan fingerprint density at radius 1 is 1.14 bits per heavy atom. The topological polar surface area (TPSA) is 82.9 Å². The molecule has 5 rings (SSSR count). The number of carbonyl (C=O) groups is 1. The number of aryl methyl sites for hydroxylation is 1. The lowest BCUT2D eigenvalue weighted by atomic mass is 9.96. The van der Waals surface area contributed by atoms with E-state index in [2.05, 4.69) is 44.6 Å². The van der Waals surface area contributed by atoms with E-state index in [0.717, 1.165) is 73.7 Å². The van der Waals surface area contributed by atoms with Crippen molar-refractivity contribution in [2.45, 2.75) is 32.4 Å². The summed E-state index contributed by atoms with van der Waals surface area (Å²) in [6.07, 6.45) is 2.83. The molecule has 2 N–H and O–H groups in total. The minimum Gasteiger partial charge on any atom is -0.478 e. The Morgan fingerprint density at radius 2 is 1.89 bits per heavy atom. The first-order chi connectivity index (χ1) is 17.9. The highest BCUT2D eigenvalue weighted by molar-refractivity contribution is 7.80. The van der Waals surface area contributed by atoms with Crippen LogP contribution in [0.3, 0.4) is 0 Å². The third-order valence-electron chi connectivity index (χ3n) is 7.34. The quantitative estimate of drug-likeness (QED) is 0.434. The van der Waals surface area contributed by atoms with E-state index < -0.39 is 5.97 Å². The van der Waals surface area contributed by atoms with E-state index >= 15 is 0 Å². The van der Waals surface area contributed by atoms with Gasteiger partial charge in [-0.15, -0.1) is 0 Å². The molecule has 0 saturated carbocycles. The molecule has 2 aromatic heterocycles. The van der Waals surface area contributed by atoms with Crippen LogP contribution in [0.4, 0.5) is 0 Å². The first-order valence-electron chi connectivity index (χ1n) is 12.7. The van der Waals surface area contributed by atoms with Gasteiger partial charge in [0.1, 0.15) is 0 Å². The Morgan fingerprint density at radius 3 is 2.57 bits per heavy atom. The number of nitrogens with one attached hydrogen (secondary N) is 1. The van der Waals surface area contributed by atoms with Gasteiger partial charge in [0.15, 0.2) is 5.11 Å². The Balaban J connectivity index is 1.47. The van der Waals surface area contributed by atoms with Gasteiger partial charge in [0.05, 0.1) is 36.6 Å². The lowest BCUT2D eigenvalue weighted by molar-refractivity contribution is 0.0365. The predicted molar refractivity (Wildman–Crippen MR) is 146 cm³/mol. The number of aromatic carboxylic acids is 1. The molecule has 2 aliphatic rings. The summed E-state index contributed by atoms with van der Waals surface area (Å²) in [4.78, 5) is 20.8. The fraction of sp³-hybridized carbons (Fsp3) is 0.393. The summed E-state index contributed by atoms with van der Waals surface area (Å²) in [5.74, 6) is -0.926. The third-order valence-corrected chi connectivity index (χ3v) is 7.69. The average Bonchev–Trinajstić information content (AvgIpc) is 3.39. The lowest BCUT2D eigenvalue weighted by Gasteiger charge is -2.30. The molecule has 2 saturated heterocycles. The normalized spacial score (nSPS) is 20.3. The standard InChI is InChI=1S/C28H33N5O3S/c1-19-18-23(20(2)33(19)22-9-7-21(8-10-22)27(34)35)26-25(24-6-3-4-11-29-24)30-28(37)32(26)13-5-12-31-14-16-36-17-15-31/h3-4,6-11,18,25-26H,5,12-17H2,1-2H3,(H,30,37)(H,34,35). The zero-order chi connectivity index (χ0) is 25.9. The van der Waals surface area contributed by atoms with Gasteiger partial charge in [-0.2, -0.15) is 0 Å². The van der Waals surface area contributed by atoms with Gasteiger partial charge in [0, 0.05) is 49.5 Å². The van der Waals surface area contributed by atoms with Crippen molar-refractivity contribution in [3.8, 4) is 5.69 Å². The molecule has 0 bridgehead atoms. The van der Waals surface area contributed by atoms with Gasteiger partial charge >= 0.3 is 5.97 Å². The second-order valence-electron chi connectivity index (χ2n) is 9.64. The molecule has 0 amide bonds. The van der Waals surface area contributed by atoms with Crippen molar-refractivity contribution in [3.63, 3.8) is 0 Å². The van der Waals surface area contributed by atoms with Crippen LogP contribution < -0.4 is 5.32 Å². The van der Waals surface area contributed by atoms with Gasteiger partial charge in [0.25, 0.3) is 0 Å². The van der Waals surface area contributed by atoms with Crippen LogP contribution in [0, 0.1) is 13.8 Å². The highest BCUT2D eigenvalue weighted by Gasteiger charge is 2.41. The number of morpholine rings is 1. The summed E-state index contributed by atoms with van der Waals surface area (Å²) >= 11 is 5.87. The largest absolute Gasteiger partial charge is 0.478 e. The number of rotatable bonds is 8. The number of pyridine rings is 1. The molecule has 4 heterocycles. The van der Waals surface area contributed by atoms with E-state index in [9.17, 15) is 9.90 Å². The SMILES string of the molecule is Cc1cc(C2C(c3ccccn3)NC(=S)N2CCCN2CCOCC2)c(C)n1-c1ccc(C(=O)O)cc1. The molecular formula is C28H33N5O3S. The number of carboxylic acids is 1. The molecule has 0 radical (unpaired) electrons. The Hall–Kier alpha value is -3.27. The summed E-state index contributed by atoms with van der Waals surface area (Å²) in [5.41, 5.74) is 5.56. The average molecular weight is 520 g/mol. The maximum atomic E-state index is 11.3. The lowest BCUT2D eigenvalue weighted by Crippen LogP contribution is -2.39. The van der Waals surface area contributed by atoms with Gasteiger partial charge in [0.2, 0.25) is 0 Å². The smallest absolute Gasteiger partial charge is 0.335 e. The number of carboxylic acid groups (broad SMARTS) is 1. The predicted octanol–water partition coefficient (Wildman–Crippen LogP) is 3.88. The monoisotopic (exact) mass is 519 g/mol. The van der Waals surface area contributed by atoms with Gasteiger partial charge in [-0.1, -0.05) is 6.07 Å². The van der Waals surface area contributed by atoms with Crippen molar-refractivity contribution >= 4 is 23.3 Å². The number of ether oxygens (including phenoxy) is 1. The number of hydrogen-bond donors (Lipinski definition) is 2. The Kier molecular flexibility index (Phi) is 7.55. The van der Waals surface area contributed by atoms with E-state index in [0.29, 0.717) is 0 Å². The molecule has 8 nitrogen and oxygen atoms in total. The fourth-order valence-electron chi connectivity index (χ4n) is 5.51. The number of thiocarbonyl (C=S) groups is 1. The fourth-order valence-corrected chi connectivity index (χ4v) is 5.84. The van der Waals surface area contributed by atoms with Gasteiger partial charge in [-0.25, -0.2) is 4.79 Å². The molecule has 2 atom stereocenters. The van der Waals surface area contributed by atoms with E-state index in [-0.39, 0.29) is 17.6 Å². The second kappa shape index (κ2) is 11.0. The summed E-state index contributed by atoms with van der Waals surface area (Å²) < 4.78 is 7.68. The zero-order valence-electron chi connectivity index (χ0n) is 21.3. The molecule has 9 heteroatoms. The number of aromatic nitrogens is 2. The third kappa shape index (κ3) is 5.25. The summed E-state index contributed by atoms with van der Waals surface area (Å²) in [7, 11) is 0. The molecule has 3 aromatic rings. The number of nitrogens with zero attached hydrogens (tertiary/aromatic N) is 4. The van der Waals surface area contributed by atoms with Crippen LogP contribution in [0.5, 0.6) is 0 Å². The maximum absolute atomic E-state index is 11.3. The minimum atomic E-state index is -0.926. The minimum absolute atomic E-state index is 0.00895. The van der Waals surface area contributed by atoms with Crippen molar-refractivity contribution in [2.75, 3.05) is 39.4 Å². The first-order valence-corrected chi connectivity index (χ1v) is 13.2. The van der Waals surface area contributed by atoms with E-state index in [1.54, 1.807) is 12.1 Å². The molecule has 1 aromatic carbocycles. The molecule has 2 aliphatic heterocycles. The number of hydrogen-bond acceptors (Lipinski definition) is 5. The van der Waals surface area contributed by atoms with Crippen LogP contribution >= 0.6 is 12.2 Å². The van der Waals surface area contributed by atoms with Crippen molar-refractivity contribution in [1.29, 1.82) is 0 Å². The van der Waals surface area contributed by atoms with Crippen LogP contribution in [-0.2, 0) is 4.74 Å². The van der Waals surface area contributed by atoms with Crippen LogP contribution in [0.15, 0.2) is 54.7 Å². The molecule has 2 unspecified atom stereocenters. The molecule has 194 valence electrons. The zero-order valence-corrected chi connectivity index (χ0v) is 22.1. The highest BCUT2D eigenvalue weighted by Crippen LogP contribution is 2.41. The van der Waals surface area contributed by atoms with E-state index in [1.807, 2.05) is 36.5 Å². The van der Waals surface area contributed by atoms with Crippen molar-refractivity contribution in [3.05, 3.63) is 82.9 Å². The Labute approximate surface area is 222 Å². The highest BCUT2D eigenvalue weighted by atomic mass is 32.1. The summed E-state index contributed by atoms with van der Waals surface area (Å²) in [6, 6.07) is 15.2. The van der Waals surface area contributed by atoms with E-state index in [1.165, 1.54) is 5.56 Å². The Bertz CT molecular complexity index is 1250. The van der Waals surface area contributed by atoms with Crippen molar-refractivity contribution < 1.29 is 14.6 Å². The van der Waals surface area contributed by atoms with Gasteiger partial charge in [-0.05, 0) is 80.5 Å². The molecule has 2 fully saturated rings. The maximum Gasteiger partial charge on any atom is 0.335 e. The second-order valence-corrected chi connectivity index (χ2v) is 10.0. The molecule has 0 spiro atoms. The molecule has 37 heavy (non-hydrogen) atoms. The van der Waals surface area contributed by atoms with Gasteiger partial charge < -0.3 is 24.6 Å². The van der Waals surface area contributed by atoms with Crippen molar-refractivity contribution in [2.24, 2.45) is 0 Å². The molecule has 0 aliphatic carbocycles. The van der Waals surface area contributed by atoms with Crippen LogP contribution in [0.25, 0.3) is 5.69 Å². The molecular weight excluding hydrogens is 486 g/mol. The van der Waals surface area contributed by atoms with E-state index in [4.69, 9.17) is 17.0 Å². The van der Waals surface area contributed by atoms with Crippen LogP contribution in [-0.4, -0.2) is 74.9 Å². The van der Waals surface area contributed by atoms with Crippen LogP contribution in [0.1, 0.15) is 51.5 Å². The van der Waals surface area contributed by atoms with Gasteiger partial charge in [-0.3, -0.25) is 9.88 Å². The summed E-state index contributed by atoms with van der Waals surface area (Å²) in [6.45, 7) is 9.61.